The van der Waals surface area contributed by atoms with E-state index in [2.05, 4.69) is 22.8 Å². The SMILES string of the molecule is CCC[C@H](NC(=O)Cc1cc(F)cc(F)c1)C(=O)Nc1nc(CC)c(-c2ccccc2COC2CCCCC2)s1. The molecule has 9 heteroatoms. The number of thiazole rings is 1. The van der Waals surface area contributed by atoms with Crippen LogP contribution < -0.4 is 10.6 Å². The number of nitrogens with zero attached hydrogens (tertiary/aromatic N) is 1. The van der Waals surface area contributed by atoms with Gasteiger partial charge in [-0.15, -0.1) is 0 Å². The van der Waals surface area contributed by atoms with Crippen LogP contribution in [0.1, 0.15) is 75.6 Å². The number of amides is 2. The third-order valence-corrected chi connectivity index (χ3v) is 8.11. The minimum absolute atomic E-state index is 0.203. The summed E-state index contributed by atoms with van der Waals surface area (Å²) in [6.45, 7) is 4.47. The Bertz CT molecular complexity index is 1290. The molecule has 0 saturated heterocycles. The number of nitrogens with one attached hydrogen (secondary N) is 2. The monoisotopic (exact) mass is 569 g/mol. The van der Waals surface area contributed by atoms with Gasteiger partial charge < -0.3 is 15.4 Å². The van der Waals surface area contributed by atoms with Crippen LogP contribution >= 0.6 is 11.3 Å². The Morgan fingerprint density at radius 1 is 1.07 bits per heavy atom. The zero-order chi connectivity index (χ0) is 28.5. The first kappa shape index (κ1) is 29.8. The number of anilines is 1. The van der Waals surface area contributed by atoms with Gasteiger partial charge in [0.15, 0.2) is 5.13 Å². The Morgan fingerprint density at radius 3 is 2.50 bits per heavy atom. The molecule has 40 heavy (non-hydrogen) atoms. The molecular weight excluding hydrogens is 532 g/mol. The Hall–Kier alpha value is -3.17. The summed E-state index contributed by atoms with van der Waals surface area (Å²) in [5.74, 6) is -2.37. The van der Waals surface area contributed by atoms with E-state index in [1.165, 1.54) is 30.6 Å². The van der Waals surface area contributed by atoms with Crippen LogP contribution in [0.25, 0.3) is 10.4 Å². The van der Waals surface area contributed by atoms with Gasteiger partial charge >= 0.3 is 0 Å². The second-order valence-corrected chi connectivity index (χ2v) is 11.2. The third-order valence-electron chi connectivity index (χ3n) is 7.07. The summed E-state index contributed by atoms with van der Waals surface area (Å²) >= 11 is 1.41. The molecule has 6 nitrogen and oxygen atoms in total. The van der Waals surface area contributed by atoms with Crippen LogP contribution in [-0.2, 0) is 33.8 Å². The zero-order valence-corrected chi connectivity index (χ0v) is 23.9. The van der Waals surface area contributed by atoms with E-state index in [-0.39, 0.29) is 17.9 Å². The molecule has 4 rings (SSSR count). The van der Waals surface area contributed by atoms with Crippen molar-refractivity contribution in [1.29, 1.82) is 0 Å². The maximum atomic E-state index is 13.5. The van der Waals surface area contributed by atoms with Gasteiger partial charge in [-0.25, -0.2) is 13.8 Å². The summed E-state index contributed by atoms with van der Waals surface area (Å²) < 4.78 is 33.3. The second kappa shape index (κ2) is 14.5. The van der Waals surface area contributed by atoms with Crippen molar-refractivity contribution in [2.24, 2.45) is 0 Å². The maximum absolute atomic E-state index is 13.5. The van der Waals surface area contributed by atoms with E-state index in [1.54, 1.807) is 0 Å². The van der Waals surface area contributed by atoms with E-state index >= 15 is 0 Å². The number of hydrogen-bond donors (Lipinski definition) is 2. The fourth-order valence-electron chi connectivity index (χ4n) is 5.06. The highest BCUT2D eigenvalue weighted by molar-refractivity contribution is 7.19. The van der Waals surface area contributed by atoms with Gasteiger partial charge in [0.05, 0.1) is 29.7 Å². The molecule has 3 aromatic rings. The Kier molecular flexibility index (Phi) is 10.8. The van der Waals surface area contributed by atoms with Crippen LogP contribution in [-0.4, -0.2) is 28.9 Å². The predicted molar refractivity (Wildman–Crippen MR) is 154 cm³/mol. The van der Waals surface area contributed by atoms with Crippen molar-refractivity contribution in [3.8, 4) is 10.4 Å². The smallest absolute Gasteiger partial charge is 0.248 e. The lowest BCUT2D eigenvalue weighted by atomic mass is 9.97. The van der Waals surface area contributed by atoms with E-state index in [1.807, 2.05) is 26.0 Å². The summed E-state index contributed by atoms with van der Waals surface area (Å²) in [4.78, 5) is 31.5. The number of benzene rings is 2. The zero-order valence-electron chi connectivity index (χ0n) is 23.1. The molecule has 1 saturated carbocycles. The molecule has 0 unspecified atom stereocenters. The van der Waals surface area contributed by atoms with Crippen molar-refractivity contribution in [3.63, 3.8) is 0 Å². The number of aromatic nitrogens is 1. The molecule has 1 fully saturated rings. The molecule has 2 aromatic carbocycles. The first-order valence-electron chi connectivity index (χ1n) is 14.1. The molecule has 2 amide bonds. The first-order valence-corrected chi connectivity index (χ1v) is 14.9. The summed E-state index contributed by atoms with van der Waals surface area (Å²) in [5.41, 5.74) is 3.23. The first-order chi connectivity index (χ1) is 19.4. The predicted octanol–water partition coefficient (Wildman–Crippen LogP) is 6.97. The lowest BCUT2D eigenvalue weighted by Gasteiger charge is -2.22. The molecule has 2 N–H and O–H groups in total. The van der Waals surface area contributed by atoms with E-state index in [0.717, 1.165) is 52.7 Å². The number of hydrogen-bond acceptors (Lipinski definition) is 5. The Labute approximate surface area is 238 Å². The number of halogens is 2. The molecule has 1 heterocycles. The molecule has 0 radical (unpaired) electrons. The number of aryl methyl sites for hydroxylation is 1. The standard InChI is InChI=1S/C31H37F2N3O3S/c1-3-10-27(34-28(37)17-20-15-22(32)18-23(33)16-20)30(38)36-31-35-26(4-2)29(40-31)25-14-9-8-11-21(25)19-39-24-12-6-5-7-13-24/h8-9,11,14-16,18,24,27H,3-7,10,12-13,17,19H2,1-2H3,(H,34,37)(H,35,36,38)/t27-/m0/s1. The van der Waals surface area contributed by atoms with Crippen molar-refractivity contribution in [2.45, 2.75) is 90.4 Å². The molecule has 0 spiro atoms. The topological polar surface area (TPSA) is 80.3 Å². The summed E-state index contributed by atoms with van der Waals surface area (Å²) in [7, 11) is 0. The van der Waals surface area contributed by atoms with E-state index < -0.39 is 23.6 Å². The summed E-state index contributed by atoms with van der Waals surface area (Å²) in [6, 6.07) is 10.3. The maximum Gasteiger partial charge on any atom is 0.248 e. The molecule has 214 valence electrons. The minimum Gasteiger partial charge on any atom is -0.374 e. The molecule has 0 aliphatic heterocycles. The van der Waals surface area contributed by atoms with Crippen LogP contribution in [0.15, 0.2) is 42.5 Å². The average Bonchev–Trinajstić information content (AvgIpc) is 3.34. The third kappa shape index (κ3) is 8.17. The van der Waals surface area contributed by atoms with Crippen molar-refractivity contribution in [2.75, 3.05) is 5.32 Å². The average molecular weight is 570 g/mol. The Morgan fingerprint density at radius 2 is 1.80 bits per heavy atom. The van der Waals surface area contributed by atoms with Crippen molar-refractivity contribution in [1.82, 2.24) is 10.3 Å². The lowest BCUT2D eigenvalue weighted by molar-refractivity contribution is -0.126. The number of rotatable bonds is 12. The van der Waals surface area contributed by atoms with Gasteiger partial charge in [0.2, 0.25) is 11.8 Å². The van der Waals surface area contributed by atoms with Gasteiger partial charge in [0, 0.05) is 6.07 Å². The van der Waals surface area contributed by atoms with Crippen LogP contribution in [0.5, 0.6) is 0 Å². The summed E-state index contributed by atoms with van der Waals surface area (Å²) in [6.07, 6.45) is 7.75. The van der Waals surface area contributed by atoms with Crippen LogP contribution in [0.3, 0.4) is 0 Å². The van der Waals surface area contributed by atoms with Crippen molar-refractivity contribution < 1.29 is 23.1 Å². The lowest BCUT2D eigenvalue weighted by Crippen LogP contribution is -2.44. The normalized spacial score (nSPS) is 14.6. The molecular formula is C31H37F2N3O3S. The molecule has 1 aliphatic carbocycles. The molecule has 1 atom stereocenters. The van der Waals surface area contributed by atoms with Gasteiger partial charge in [-0.3, -0.25) is 9.59 Å². The number of ether oxygens (including phenoxy) is 1. The van der Waals surface area contributed by atoms with Gasteiger partial charge in [-0.1, -0.05) is 75.1 Å². The van der Waals surface area contributed by atoms with E-state index in [4.69, 9.17) is 9.72 Å². The van der Waals surface area contributed by atoms with Crippen molar-refractivity contribution in [3.05, 3.63) is 70.9 Å². The van der Waals surface area contributed by atoms with Crippen LogP contribution in [0.2, 0.25) is 0 Å². The number of carbonyl (C=O) groups is 2. The van der Waals surface area contributed by atoms with E-state index in [0.29, 0.717) is 37.1 Å². The minimum atomic E-state index is -0.801. The highest BCUT2D eigenvalue weighted by Crippen LogP contribution is 2.36. The van der Waals surface area contributed by atoms with E-state index in [9.17, 15) is 18.4 Å². The quantitative estimate of drug-likeness (QED) is 0.247. The fraction of sp³-hybridized carbons (Fsp3) is 0.452. The second-order valence-electron chi connectivity index (χ2n) is 10.2. The summed E-state index contributed by atoms with van der Waals surface area (Å²) in [5, 5.41) is 6.06. The highest BCUT2D eigenvalue weighted by atomic mass is 32.1. The molecule has 1 aliphatic rings. The van der Waals surface area contributed by atoms with Gasteiger partial charge in [-0.05, 0) is 54.5 Å². The van der Waals surface area contributed by atoms with Gasteiger partial charge in [0.25, 0.3) is 0 Å². The Balaban J connectivity index is 1.45. The van der Waals surface area contributed by atoms with Gasteiger partial charge in [-0.2, -0.15) is 0 Å². The highest BCUT2D eigenvalue weighted by Gasteiger charge is 2.23. The van der Waals surface area contributed by atoms with Gasteiger partial charge in [0.1, 0.15) is 17.7 Å². The largest absolute Gasteiger partial charge is 0.374 e. The van der Waals surface area contributed by atoms with Crippen LogP contribution in [0.4, 0.5) is 13.9 Å². The number of carbonyl (C=O) groups excluding carboxylic acids is 2. The van der Waals surface area contributed by atoms with Crippen molar-refractivity contribution >= 4 is 28.3 Å². The molecule has 1 aromatic heterocycles. The van der Waals surface area contributed by atoms with Crippen LogP contribution in [0, 0.1) is 11.6 Å². The fourth-order valence-corrected chi connectivity index (χ4v) is 6.17. The molecule has 0 bridgehead atoms.